The Morgan fingerprint density at radius 1 is 1.14 bits per heavy atom. The first-order valence-electron chi connectivity index (χ1n) is 6.94. The zero-order valence-corrected chi connectivity index (χ0v) is 12.5. The lowest BCUT2D eigenvalue weighted by atomic mass is 10.1. The predicted octanol–water partition coefficient (Wildman–Crippen LogP) is 3.93. The molecule has 0 saturated heterocycles. The summed E-state index contributed by atoms with van der Waals surface area (Å²) in [5, 5.41) is 4.07. The Balaban J connectivity index is 1.66. The van der Waals surface area contributed by atoms with E-state index in [4.69, 9.17) is 11.6 Å². The second-order valence-corrected chi connectivity index (χ2v) is 5.37. The number of hydrogen-bond donors (Lipinski definition) is 2. The van der Waals surface area contributed by atoms with Crippen LogP contribution in [0.25, 0.3) is 10.9 Å². The third-order valence-corrected chi connectivity index (χ3v) is 3.87. The monoisotopic (exact) mass is 316 g/mol. The number of nitrogens with one attached hydrogen (secondary N) is 2. The topological polar surface area (TPSA) is 44.9 Å². The summed E-state index contributed by atoms with van der Waals surface area (Å²) in [5.74, 6) is -0.513. The lowest BCUT2D eigenvalue weighted by Crippen LogP contribution is -2.26. The van der Waals surface area contributed by atoms with Crippen LogP contribution in [-0.4, -0.2) is 17.4 Å². The highest BCUT2D eigenvalue weighted by Gasteiger charge is 2.15. The van der Waals surface area contributed by atoms with E-state index in [2.05, 4.69) is 10.3 Å². The molecule has 3 rings (SSSR count). The number of carbonyl (C=O) groups excluding carboxylic acids is 1. The minimum absolute atomic E-state index is 0.247. The molecular weight excluding hydrogens is 303 g/mol. The number of hydrogen-bond acceptors (Lipinski definition) is 1. The Morgan fingerprint density at radius 2 is 1.86 bits per heavy atom. The fourth-order valence-electron chi connectivity index (χ4n) is 2.32. The van der Waals surface area contributed by atoms with Crippen molar-refractivity contribution < 1.29 is 9.18 Å². The Morgan fingerprint density at radius 3 is 2.59 bits per heavy atom. The van der Waals surface area contributed by atoms with Gasteiger partial charge in [0, 0.05) is 17.4 Å². The van der Waals surface area contributed by atoms with E-state index in [0.717, 1.165) is 16.5 Å². The Labute approximate surface area is 132 Å². The molecule has 1 amide bonds. The quantitative estimate of drug-likeness (QED) is 0.752. The first-order valence-corrected chi connectivity index (χ1v) is 7.32. The first-order chi connectivity index (χ1) is 10.6. The maximum atomic E-state index is 12.8. The van der Waals surface area contributed by atoms with Crippen LogP contribution >= 0.6 is 11.6 Å². The van der Waals surface area contributed by atoms with Gasteiger partial charge in [0.1, 0.15) is 11.5 Å². The van der Waals surface area contributed by atoms with Crippen LogP contribution in [-0.2, 0) is 6.42 Å². The summed E-state index contributed by atoms with van der Waals surface area (Å²) in [4.78, 5) is 15.2. The number of fused-ring (bicyclic) bond motifs is 1. The normalized spacial score (nSPS) is 10.8. The van der Waals surface area contributed by atoms with Gasteiger partial charge in [-0.25, -0.2) is 4.39 Å². The summed E-state index contributed by atoms with van der Waals surface area (Å²) in [7, 11) is 0. The first kappa shape index (κ1) is 14.6. The summed E-state index contributed by atoms with van der Waals surface area (Å²) in [6.07, 6.45) is 0.629. The molecule has 112 valence electrons. The van der Waals surface area contributed by atoms with Crippen molar-refractivity contribution >= 4 is 28.4 Å². The molecule has 3 aromatic rings. The SMILES string of the molecule is O=C(NCCc1ccc(F)cc1)c1[nH]c2ccccc2c1Cl. The predicted molar refractivity (Wildman–Crippen MR) is 85.7 cm³/mol. The van der Waals surface area contributed by atoms with Crippen molar-refractivity contribution in [2.45, 2.75) is 6.42 Å². The van der Waals surface area contributed by atoms with Crippen molar-refractivity contribution in [1.29, 1.82) is 0 Å². The molecular formula is C17H14ClFN2O. The third-order valence-electron chi connectivity index (χ3n) is 3.48. The van der Waals surface area contributed by atoms with E-state index < -0.39 is 0 Å². The number of rotatable bonds is 4. The van der Waals surface area contributed by atoms with Crippen LogP contribution < -0.4 is 5.32 Å². The van der Waals surface area contributed by atoms with Crippen molar-refractivity contribution in [3.05, 3.63) is 70.6 Å². The highest BCUT2D eigenvalue weighted by Crippen LogP contribution is 2.26. The standard InChI is InChI=1S/C17H14ClFN2O/c18-15-13-3-1-2-4-14(13)21-16(15)17(22)20-10-9-11-5-7-12(19)8-6-11/h1-8,21H,9-10H2,(H,20,22). The Kier molecular flexibility index (Phi) is 4.11. The summed E-state index contributed by atoms with van der Waals surface area (Å²) >= 11 is 6.23. The highest BCUT2D eigenvalue weighted by molar-refractivity contribution is 6.38. The molecule has 0 aliphatic carbocycles. The summed E-state index contributed by atoms with van der Waals surface area (Å²) in [5.41, 5.74) is 2.16. The highest BCUT2D eigenvalue weighted by atomic mass is 35.5. The fraction of sp³-hybridized carbons (Fsp3) is 0.118. The lowest BCUT2D eigenvalue weighted by Gasteiger charge is -2.04. The number of carbonyl (C=O) groups is 1. The Hall–Kier alpha value is -2.33. The van der Waals surface area contributed by atoms with E-state index in [1.54, 1.807) is 12.1 Å². The molecule has 2 aromatic carbocycles. The van der Waals surface area contributed by atoms with Crippen molar-refractivity contribution in [1.82, 2.24) is 10.3 Å². The number of aromatic amines is 1. The maximum absolute atomic E-state index is 12.8. The molecule has 3 nitrogen and oxygen atoms in total. The molecule has 2 N–H and O–H groups in total. The van der Waals surface area contributed by atoms with Crippen molar-refractivity contribution in [2.75, 3.05) is 6.54 Å². The minimum atomic E-state index is -0.266. The molecule has 1 aromatic heterocycles. The zero-order valence-electron chi connectivity index (χ0n) is 11.7. The molecule has 0 unspecified atom stereocenters. The van der Waals surface area contributed by atoms with Crippen LogP contribution in [0.3, 0.4) is 0 Å². The van der Waals surface area contributed by atoms with Gasteiger partial charge in [-0.1, -0.05) is 41.9 Å². The van der Waals surface area contributed by atoms with Crippen LogP contribution in [0.1, 0.15) is 16.1 Å². The van der Waals surface area contributed by atoms with Crippen molar-refractivity contribution in [2.24, 2.45) is 0 Å². The van der Waals surface area contributed by atoms with Crippen LogP contribution in [0.5, 0.6) is 0 Å². The zero-order chi connectivity index (χ0) is 15.5. The molecule has 0 fully saturated rings. The largest absolute Gasteiger partial charge is 0.350 e. The number of para-hydroxylation sites is 1. The van der Waals surface area contributed by atoms with Gasteiger partial charge in [-0.05, 0) is 30.2 Å². The molecule has 0 bridgehead atoms. The van der Waals surface area contributed by atoms with Gasteiger partial charge < -0.3 is 10.3 Å². The number of amides is 1. The van der Waals surface area contributed by atoms with Gasteiger partial charge in [0.15, 0.2) is 0 Å². The third kappa shape index (κ3) is 2.97. The summed E-state index contributed by atoms with van der Waals surface area (Å²) < 4.78 is 12.8. The molecule has 0 aliphatic rings. The molecule has 0 saturated carbocycles. The van der Waals surface area contributed by atoms with Gasteiger partial charge in [-0.2, -0.15) is 0 Å². The van der Waals surface area contributed by atoms with E-state index in [1.165, 1.54) is 12.1 Å². The van der Waals surface area contributed by atoms with E-state index >= 15 is 0 Å². The molecule has 0 spiro atoms. The van der Waals surface area contributed by atoms with Gasteiger partial charge in [0.25, 0.3) is 5.91 Å². The second-order valence-electron chi connectivity index (χ2n) is 4.99. The lowest BCUT2D eigenvalue weighted by molar-refractivity contribution is 0.0950. The fourth-order valence-corrected chi connectivity index (χ4v) is 2.62. The van der Waals surface area contributed by atoms with Gasteiger partial charge in [0.05, 0.1) is 5.02 Å². The van der Waals surface area contributed by atoms with Crippen LogP contribution in [0.4, 0.5) is 4.39 Å². The van der Waals surface area contributed by atoms with Gasteiger partial charge in [-0.15, -0.1) is 0 Å². The molecule has 0 atom stereocenters. The van der Waals surface area contributed by atoms with E-state index in [9.17, 15) is 9.18 Å². The average molecular weight is 317 g/mol. The van der Waals surface area contributed by atoms with E-state index in [0.29, 0.717) is 23.7 Å². The summed E-state index contributed by atoms with van der Waals surface area (Å²) in [6.45, 7) is 0.455. The number of aromatic nitrogens is 1. The van der Waals surface area contributed by atoms with Crippen molar-refractivity contribution in [3.63, 3.8) is 0 Å². The molecule has 22 heavy (non-hydrogen) atoms. The van der Waals surface area contributed by atoms with Crippen LogP contribution in [0.15, 0.2) is 48.5 Å². The van der Waals surface area contributed by atoms with E-state index in [1.807, 2.05) is 24.3 Å². The van der Waals surface area contributed by atoms with Gasteiger partial charge in [-0.3, -0.25) is 4.79 Å². The minimum Gasteiger partial charge on any atom is -0.350 e. The molecule has 0 aliphatic heterocycles. The van der Waals surface area contributed by atoms with Gasteiger partial charge >= 0.3 is 0 Å². The summed E-state index contributed by atoms with van der Waals surface area (Å²) in [6, 6.07) is 13.7. The molecule has 5 heteroatoms. The maximum Gasteiger partial charge on any atom is 0.269 e. The second kappa shape index (κ2) is 6.20. The number of benzene rings is 2. The Bertz CT molecular complexity index is 811. The van der Waals surface area contributed by atoms with Crippen LogP contribution in [0, 0.1) is 5.82 Å². The smallest absolute Gasteiger partial charge is 0.269 e. The number of H-pyrrole nitrogens is 1. The van der Waals surface area contributed by atoms with E-state index in [-0.39, 0.29) is 11.7 Å². The number of halogens is 2. The molecule has 0 radical (unpaired) electrons. The molecule has 1 heterocycles. The average Bonchev–Trinajstić information content (AvgIpc) is 2.87. The van der Waals surface area contributed by atoms with Crippen molar-refractivity contribution in [3.8, 4) is 0 Å². The van der Waals surface area contributed by atoms with Gasteiger partial charge in [0.2, 0.25) is 0 Å². The van der Waals surface area contributed by atoms with Crippen LogP contribution in [0.2, 0.25) is 5.02 Å².